The second-order valence-corrected chi connectivity index (χ2v) is 9.94. The van der Waals surface area contributed by atoms with Crippen LogP contribution >= 0.6 is 0 Å². The molecule has 0 aromatic heterocycles. The van der Waals surface area contributed by atoms with Gasteiger partial charge in [0.25, 0.3) is 5.91 Å². The van der Waals surface area contributed by atoms with E-state index in [1.54, 1.807) is 0 Å². The first-order valence-corrected chi connectivity index (χ1v) is 13.0. The first-order chi connectivity index (χ1) is 17.2. The molecule has 2 fully saturated rings. The molecule has 5 rings (SSSR count). The topological polar surface area (TPSA) is 52.7 Å². The van der Waals surface area contributed by atoms with Crippen LogP contribution in [0.25, 0.3) is 10.8 Å². The maximum Gasteiger partial charge on any atom is 0.254 e. The number of piperidine rings is 2. The molecule has 1 atom stereocenters. The number of benzene rings is 3. The molecule has 2 aliphatic rings. The summed E-state index contributed by atoms with van der Waals surface area (Å²) in [6.45, 7) is 4.97. The van der Waals surface area contributed by atoms with E-state index < -0.39 is 0 Å². The Kier molecular flexibility index (Phi) is 7.43. The highest BCUT2D eigenvalue weighted by atomic mass is 16.2. The molecule has 5 heteroatoms. The van der Waals surface area contributed by atoms with Crippen molar-refractivity contribution in [2.75, 3.05) is 26.2 Å². The highest BCUT2D eigenvalue weighted by Crippen LogP contribution is 2.24. The molecule has 182 valence electrons. The van der Waals surface area contributed by atoms with Crippen molar-refractivity contribution in [2.45, 2.75) is 45.2 Å². The summed E-state index contributed by atoms with van der Waals surface area (Å²) >= 11 is 0. The van der Waals surface area contributed by atoms with Crippen LogP contribution in [-0.4, -0.2) is 47.8 Å². The Bertz CT molecular complexity index is 1180. The zero-order valence-corrected chi connectivity index (χ0v) is 20.4. The van der Waals surface area contributed by atoms with Crippen molar-refractivity contribution in [1.82, 2.24) is 15.1 Å². The Labute approximate surface area is 208 Å². The predicted molar refractivity (Wildman–Crippen MR) is 140 cm³/mol. The molecular formula is C30H35N3O2. The second kappa shape index (κ2) is 11.0. The maximum absolute atomic E-state index is 13.4. The van der Waals surface area contributed by atoms with Crippen LogP contribution in [0.2, 0.25) is 0 Å². The van der Waals surface area contributed by atoms with Gasteiger partial charge in [-0.1, -0.05) is 67.1 Å². The smallest absolute Gasteiger partial charge is 0.254 e. The average Bonchev–Trinajstić information content (AvgIpc) is 2.92. The van der Waals surface area contributed by atoms with Gasteiger partial charge in [0.2, 0.25) is 5.91 Å². The predicted octanol–water partition coefficient (Wildman–Crippen LogP) is 4.99. The van der Waals surface area contributed by atoms with Gasteiger partial charge in [0.15, 0.2) is 0 Å². The van der Waals surface area contributed by atoms with E-state index in [-0.39, 0.29) is 17.7 Å². The van der Waals surface area contributed by atoms with E-state index in [1.165, 1.54) is 30.4 Å². The molecule has 1 N–H and O–H groups in total. The molecule has 0 spiro atoms. The molecule has 2 heterocycles. The molecular weight excluding hydrogens is 434 g/mol. The van der Waals surface area contributed by atoms with Crippen molar-refractivity contribution in [3.8, 4) is 0 Å². The normalized spacial score (nSPS) is 19.0. The van der Waals surface area contributed by atoms with Gasteiger partial charge in [0, 0.05) is 31.7 Å². The Hall–Kier alpha value is -3.18. The van der Waals surface area contributed by atoms with Gasteiger partial charge in [-0.3, -0.25) is 14.5 Å². The number of likely N-dealkylation sites (tertiary alicyclic amines) is 2. The van der Waals surface area contributed by atoms with Crippen LogP contribution in [0, 0.1) is 5.92 Å². The third-order valence-electron chi connectivity index (χ3n) is 7.51. The van der Waals surface area contributed by atoms with Gasteiger partial charge in [-0.2, -0.15) is 0 Å². The number of nitrogens with one attached hydrogen (secondary N) is 1. The molecule has 2 saturated heterocycles. The van der Waals surface area contributed by atoms with E-state index in [9.17, 15) is 9.59 Å². The molecule has 0 saturated carbocycles. The fourth-order valence-corrected chi connectivity index (χ4v) is 5.53. The fraction of sp³-hybridized carbons (Fsp3) is 0.400. The lowest BCUT2D eigenvalue weighted by Crippen LogP contribution is -2.45. The number of rotatable bonds is 6. The van der Waals surface area contributed by atoms with Gasteiger partial charge < -0.3 is 10.2 Å². The summed E-state index contributed by atoms with van der Waals surface area (Å²) < 4.78 is 0. The van der Waals surface area contributed by atoms with Gasteiger partial charge >= 0.3 is 0 Å². The van der Waals surface area contributed by atoms with Crippen molar-refractivity contribution < 1.29 is 9.59 Å². The molecule has 3 aromatic rings. The van der Waals surface area contributed by atoms with Crippen molar-refractivity contribution in [1.29, 1.82) is 0 Å². The molecule has 2 aliphatic heterocycles. The number of carbonyl (C=O) groups excluding carboxylic acids is 2. The molecule has 0 radical (unpaired) electrons. The van der Waals surface area contributed by atoms with Crippen molar-refractivity contribution in [2.24, 2.45) is 5.92 Å². The van der Waals surface area contributed by atoms with E-state index in [0.29, 0.717) is 19.6 Å². The van der Waals surface area contributed by atoms with Crippen LogP contribution in [0.4, 0.5) is 0 Å². The molecule has 0 bridgehead atoms. The lowest BCUT2D eigenvalue weighted by molar-refractivity contribution is -0.126. The van der Waals surface area contributed by atoms with Crippen molar-refractivity contribution >= 4 is 22.6 Å². The molecule has 1 unspecified atom stereocenters. The summed E-state index contributed by atoms with van der Waals surface area (Å²) in [4.78, 5) is 30.9. The third-order valence-corrected chi connectivity index (χ3v) is 7.51. The minimum atomic E-state index is -0.170. The number of hydrogen-bond acceptors (Lipinski definition) is 3. The number of nitrogens with zero attached hydrogens (tertiary/aromatic N) is 2. The second-order valence-electron chi connectivity index (χ2n) is 9.94. The van der Waals surface area contributed by atoms with E-state index in [0.717, 1.165) is 48.8 Å². The fourth-order valence-electron chi connectivity index (χ4n) is 5.53. The molecule has 2 amide bonds. The number of fused-ring (bicyclic) bond motifs is 1. The largest absolute Gasteiger partial charge is 0.352 e. The summed E-state index contributed by atoms with van der Waals surface area (Å²) in [7, 11) is 0. The first kappa shape index (κ1) is 23.6. The summed E-state index contributed by atoms with van der Waals surface area (Å²) in [6, 6.07) is 22.3. The Morgan fingerprint density at radius 3 is 2.40 bits per heavy atom. The lowest BCUT2D eigenvalue weighted by Gasteiger charge is -2.32. The van der Waals surface area contributed by atoms with Gasteiger partial charge in [-0.05, 0) is 66.7 Å². The van der Waals surface area contributed by atoms with Gasteiger partial charge in [-0.15, -0.1) is 0 Å². The zero-order chi connectivity index (χ0) is 24.0. The molecule has 3 aromatic carbocycles. The number of hydrogen-bond donors (Lipinski definition) is 1. The van der Waals surface area contributed by atoms with Crippen LogP contribution in [0.1, 0.15) is 53.6 Å². The minimum Gasteiger partial charge on any atom is -0.352 e. The zero-order valence-electron chi connectivity index (χ0n) is 20.4. The third kappa shape index (κ3) is 5.57. The Balaban J connectivity index is 1.21. The molecule has 5 nitrogen and oxygen atoms in total. The monoisotopic (exact) mass is 469 g/mol. The minimum absolute atomic E-state index is 0.0196. The highest BCUT2D eigenvalue weighted by molar-refractivity contribution is 6.07. The van der Waals surface area contributed by atoms with Crippen molar-refractivity contribution in [3.05, 3.63) is 83.4 Å². The van der Waals surface area contributed by atoms with E-state index in [4.69, 9.17) is 0 Å². The van der Waals surface area contributed by atoms with Crippen LogP contribution in [-0.2, 0) is 17.9 Å². The van der Waals surface area contributed by atoms with Gasteiger partial charge in [0.05, 0.1) is 5.92 Å². The number of carbonyl (C=O) groups is 2. The summed E-state index contributed by atoms with van der Waals surface area (Å²) in [6.07, 6.45) is 5.54. The molecule has 35 heavy (non-hydrogen) atoms. The van der Waals surface area contributed by atoms with E-state index in [1.807, 2.05) is 53.4 Å². The average molecular weight is 470 g/mol. The lowest BCUT2D eigenvalue weighted by atomic mass is 9.95. The number of amides is 2. The first-order valence-electron chi connectivity index (χ1n) is 13.0. The maximum atomic E-state index is 13.4. The van der Waals surface area contributed by atoms with E-state index >= 15 is 0 Å². The van der Waals surface area contributed by atoms with Crippen LogP contribution in [0.5, 0.6) is 0 Å². The quantitative estimate of drug-likeness (QED) is 0.553. The SMILES string of the molecule is O=C(NCc1ccccc1CN1CCCCC1)C1CCCN(C(=O)c2cccc3ccccc23)C1. The Morgan fingerprint density at radius 2 is 1.54 bits per heavy atom. The standard InChI is InChI=1S/C30H35N3O2/c34-29(31-20-24-11-2-3-12-25(24)21-32-17-6-1-7-18-32)26-14-9-19-33(22-26)30(35)28-16-8-13-23-10-4-5-15-27(23)28/h2-5,8,10-13,15-16,26H,1,6-7,9,14,17-22H2,(H,31,34). The van der Waals surface area contributed by atoms with Gasteiger partial charge in [-0.25, -0.2) is 0 Å². The molecule has 0 aliphatic carbocycles. The van der Waals surface area contributed by atoms with Crippen LogP contribution < -0.4 is 5.32 Å². The van der Waals surface area contributed by atoms with Gasteiger partial charge in [0.1, 0.15) is 0 Å². The van der Waals surface area contributed by atoms with Crippen molar-refractivity contribution in [3.63, 3.8) is 0 Å². The summed E-state index contributed by atoms with van der Waals surface area (Å²) in [5.74, 6) is -0.101. The van der Waals surface area contributed by atoms with Crippen LogP contribution in [0.15, 0.2) is 66.7 Å². The summed E-state index contributed by atoms with van der Waals surface area (Å²) in [5.41, 5.74) is 3.20. The van der Waals surface area contributed by atoms with E-state index in [2.05, 4.69) is 28.4 Å². The summed E-state index contributed by atoms with van der Waals surface area (Å²) in [5, 5.41) is 5.21. The van der Waals surface area contributed by atoms with Crippen LogP contribution in [0.3, 0.4) is 0 Å². The highest BCUT2D eigenvalue weighted by Gasteiger charge is 2.29. The Morgan fingerprint density at radius 1 is 0.800 bits per heavy atom.